The van der Waals surface area contributed by atoms with Gasteiger partial charge in [0, 0.05) is 18.0 Å². The van der Waals surface area contributed by atoms with Crippen molar-refractivity contribution >= 4 is 5.78 Å². The highest BCUT2D eigenvalue weighted by Gasteiger charge is 2.25. The van der Waals surface area contributed by atoms with E-state index >= 15 is 0 Å². The van der Waals surface area contributed by atoms with E-state index in [1.165, 1.54) is 10.9 Å². The molecule has 0 radical (unpaired) electrons. The van der Waals surface area contributed by atoms with Gasteiger partial charge in [-0.15, -0.1) is 0 Å². The van der Waals surface area contributed by atoms with Crippen LogP contribution in [0.5, 0.6) is 0 Å². The highest BCUT2D eigenvalue weighted by atomic mass is 16.3. The van der Waals surface area contributed by atoms with E-state index in [1.807, 2.05) is 0 Å². The maximum Gasteiger partial charge on any atom is 0.257 e. The van der Waals surface area contributed by atoms with Gasteiger partial charge in [0.25, 0.3) is 5.56 Å². The topological polar surface area (TPSA) is 84.2 Å². The molecule has 22 heavy (non-hydrogen) atoms. The number of ketones is 1. The zero-order chi connectivity index (χ0) is 15.5. The molecule has 0 aromatic carbocycles. The van der Waals surface area contributed by atoms with Crippen LogP contribution in [0.4, 0.5) is 0 Å². The van der Waals surface area contributed by atoms with Crippen LogP contribution >= 0.6 is 0 Å². The molecule has 1 aliphatic carbocycles. The van der Waals surface area contributed by atoms with E-state index in [4.69, 9.17) is 0 Å². The average molecular weight is 305 g/mol. The highest BCUT2D eigenvalue weighted by molar-refractivity contribution is 5.78. The van der Waals surface area contributed by atoms with Crippen molar-refractivity contribution in [1.82, 2.24) is 14.9 Å². The lowest BCUT2D eigenvalue weighted by molar-refractivity contribution is -0.121. The number of piperidine rings is 1. The van der Waals surface area contributed by atoms with Crippen LogP contribution < -0.4 is 10.9 Å². The Morgan fingerprint density at radius 1 is 1.36 bits per heavy atom. The third-order valence-electron chi connectivity index (χ3n) is 4.65. The molecule has 2 atom stereocenters. The van der Waals surface area contributed by atoms with Gasteiger partial charge in [0.1, 0.15) is 0 Å². The normalized spacial score (nSPS) is 24.8. The predicted molar refractivity (Wildman–Crippen MR) is 81.8 cm³/mol. The van der Waals surface area contributed by atoms with Gasteiger partial charge in [-0.1, -0.05) is 0 Å². The molecule has 1 fully saturated rings. The summed E-state index contributed by atoms with van der Waals surface area (Å²) in [6.45, 7) is 0.874. The summed E-state index contributed by atoms with van der Waals surface area (Å²) < 4.78 is 1.42. The van der Waals surface area contributed by atoms with E-state index in [9.17, 15) is 14.7 Å². The maximum atomic E-state index is 12.4. The zero-order valence-corrected chi connectivity index (χ0v) is 12.8. The molecule has 0 amide bonds. The number of nitrogens with zero attached hydrogens (tertiary/aromatic N) is 2. The monoisotopic (exact) mass is 305 g/mol. The number of hydrogen-bond acceptors (Lipinski definition) is 5. The SMILES string of the molecule is O=C(C[C@H]1NCCC[C@@H]1O)Cn1cnc2c(c1=O)CCCC2. The first-order chi connectivity index (χ1) is 10.6. The van der Waals surface area contributed by atoms with Crippen molar-refractivity contribution in [3.63, 3.8) is 0 Å². The van der Waals surface area contributed by atoms with Gasteiger partial charge in [-0.05, 0) is 45.1 Å². The number of aliphatic hydroxyl groups is 1. The van der Waals surface area contributed by atoms with Crippen LogP contribution in [0.1, 0.15) is 43.4 Å². The van der Waals surface area contributed by atoms with Gasteiger partial charge in [0.15, 0.2) is 5.78 Å². The number of carbonyl (C=O) groups is 1. The van der Waals surface area contributed by atoms with E-state index in [-0.39, 0.29) is 30.3 Å². The van der Waals surface area contributed by atoms with Gasteiger partial charge in [-0.3, -0.25) is 14.2 Å². The molecule has 1 saturated heterocycles. The summed E-state index contributed by atoms with van der Waals surface area (Å²) in [6.07, 6.45) is 6.64. The summed E-state index contributed by atoms with van der Waals surface area (Å²) in [7, 11) is 0. The van der Waals surface area contributed by atoms with Crippen molar-refractivity contribution in [3.8, 4) is 0 Å². The second-order valence-electron chi connectivity index (χ2n) is 6.32. The number of hydrogen-bond donors (Lipinski definition) is 2. The van der Waals surface area contributed by atoms with Crippen LogP contribution in [-0.4, -0.2) is 39.1 Å². The number of aryl methyl sites for hydroxylation is 1. The molecular formula is C16H23N3O3. The Morgan fingerprint density at radius 2 is 2.18 bits per heavy atom. The van der Waals surface area contributed by atoms with Crippen molar-refractivity contribution < 1.29 is 9.90 Å². The minimum Gasteiger partial charge on any atom is -0.391 e. The van der Waals surface area contributed by atoms with Gasteiger partial charge in [0.2, 0.25) is 0 Å². The summed E-state index contributed by atoms with van der Waals surface area (Å²) in [5.74, 6) is -0.0434. The first-order valence-corrected chi connectivity index (χ1v) is 8.15. The first kappa shape index (κ1) is 15.4. The Kier molecular flexibility index (Phi) is 4.69. The average Bonchev–Trinajstić information content (AvgIpc) is 2.53. The van der Waals surface area contributed by atoms with E-state index in [1.54, 1.807) is 0 Å². The lowest BCUT2D eigenvalue weighted by Gasteiger charge is -2.28. The summed E-state index contributed by atoms with van der Waals surface area (Å²) in [5, 5.41) is 13.1. The van der Waals surface area contributed by atoms with Crippen LogP contribution in [0.2, 0.25) is 0 Å². The fourth-order valence-electron chi connectivity index (χ4n) is 3.38. The van der Waals surface area contributed by atoms with Crippen molar-refractivity contribution in [1.29, 1.82) is 0 Å². The smallest absolute Gasteiger partial charge is 0.257 e. The van der Waals surface area contributed by atoms with Crippen molar-refractivity contribution in [2.75, 3.05) is 6.54 Å². The minimum atomic E-state index is -0.476. The second-order valence-corrected chi connectivity index (χ2v) is 6.32. The standard InChI is InChI=1S/C16H23N3O3/c20-11(8-14-15(21)6-3-7-17-14)9-19-10-18-13-5-2-1-4-12(13)16(19)22/h10,14-15,17,21H,1-9H2/t14-,15+/m1/s1. The Labute approximate surface area is 129 Å². The Morgan fingerprint density at radius 3 is 3.00 bits per heavy atom. The van der Waals surface area contributed by atoms with Crippen LogP contribution in [0, 0.1) is 0 Å². The van der Waals surface area contributed by atoms with Gasteiger partial charge in [0.05, 0.1) is 24.7 Å². The van der Waals surface area contributed by atoms with E-state index in [0.717, 1.165) is 56.3 Å². The number of aliphatic hydroxyl groups excluding tert-OH is 1. The fourth-order valence-corrected chi connectivity index (χ4v) is 3.38. The Balaban J connectivity index is 1.68. The molecule has 0 bridgehead atoms. The molecule has 0 spiro atoms. The number of carbonyl (C=O) groups excluding carboxylic acids is 1. The molecule has 2 heterocycles. The van der Waals surface area contributed by atoms with Gasteiger partial charge in [-0.2, -0.15) is 0 Å². The molecule has 6 nitrogen and oxygen atoms in total. The third-order valence-corrected chi connectivity index (χ3v) is 4.65. The van der Waals surface area contributed by atoms with E-state index in [2.05, 4.69) is 10.3 Å². The number of aromatic nitrogens is 2. The predicted octanol–water partition coefficient (Wildman–Crippen LogP) is 0.194. The largest absolute Gasteiger partial charge is 0.391 e. The molecule has 120 valence electrons. The maximum absolute atomic E-state index is 12.4. The lowest BCUT2D eigenvalue weighted by Crippen LogP contribution is -2.46. The molecule has 1 aromatic rings. The summed E-state index contributed by atoms with van der Waals surface area (Å²) in [4.78, 5) is 29.0. The Hall–Kier alpha value is -1.53. The van der Waals surface area contributed by atoms with Crippen LogP contribution in [0.3, 0.4) is 0 Å². The summed E-state index contributed by atoms with van der Waals surface area (Å²) in [5.41, 5.74) is 1.59. The van der Waals surface area contributed by atoms with Gasteiger partial charge >= 0.3 is 0 Å². The molecular weight excluding hydrogens is 282 g/mol. The van der Waals surface area contributed by atoms with Crippen LogP contribution in [0.15, 0.2) is 11.1 Å². The van der Waals surface area contributed by atoms with E-state index < -0.39 is 6.10 Å². The van der Waals surface area contributed by atoms with Crippen LogP contribution in [-0.2, 0) is 24.2 Å². The molecule has 1 aliphatic heterocycles. The second kappa shape index (κ2) is 6.71. The minimum absolute atomic E-state index is 0.0434. The van der Waals surface area contributed by atoms with Crippen molar-refractivity contribution in [2.24, 2.45) is 0 Å². The van der Waals surface area contributed by atoms with Gasteiger partial charge in [-0.25, -0.2) is 4.98 Å². The number of fused-ring (bicyclic) bond motifs is 1. The highest BCUT2D eigenvalue weighted by Crippen LogP contribution is 2.15. The zero-order valence-electron chi connectivity index (χ0n) is 12.8. The van der Waals surface area contributed by atoms with Gasteiger partial charge < -0.3 is 10.4 Å². The molecule has 2 aliphatic rings. The number of Topliss-reactive ketones (excluding diaryl/α,β-unsaturated/α-hetero) is 1. The molecule has 1 aromatic heterocycles. The number of nitrogens with one attached hydrogen (secondary N) is 1. The van der Waals surface area contributed by atoms with E-state index in [0.29, 0.717) is 0 Å². The molecule has 6 heteroatoms. The fraction of sp³-hybridized carbons (Fsp3) is 0.688. The third kappa shape index (κ3) is 3.28. The first-order valence-electron chi connectivity index (χ1n) is 8.15. The lowest BCUT2D eigenvalue weighted by atomic mass is 9.96. The van der Waals surface area contributed by atoms with Crippen LogP contribution in [0.25, 0.3) is 0 Å². The van der Waals surface area contributed by atoms with Crippen molar-refractivity contribution in [3.05, 3.63) is 27.9 Å². The quantitative estimate of drug-likeness (QED) is 0.830. The molecule has 0 saturated carbocycles. The summed E-state index contributed by atoms with van der Waals surface area (Å²) in [6, 6.07) is -0.192. The summed E-state index contributed by atoms with van der Waals surface area (Å²) >= 11 is 0. The Bertz CT molecular complexity index is 611. The molecule has 0 unspecified atom stereocenters. The van der Waals surface area contributed by atoms with Crippen molar-refractivity contribution in [2.45, 2.75) is 63.6 Å². The molecule has 3 rings (SSSR count). The molecule has 2 N–H and O–H groups in total. The number of rotatable bonds is 4.